The van der Waals surface area contributed by atoms with E-state index in [-0.39, 0.29) is 17.9 Å². The molecular formula is C15H29N3O2. The Morgan fingerprint density at radius 1 is 1.00 bits per heavy atom. The van der Waals surface area contributed by atoms with Crippen molar-refractivity contribution >= 4 is 11.8 Å². The topological polar surface area (TPSA) is 66.6 Å². The van der Waals surface area contributed by atoms with Crippen LogP contribution in [0.3, 0.4) is 0 Å². The number of nitrogens with zero attached hydrogens (tertiary/aromatic N) is 2. The van der Waals surface area contributed by atoms with Gasteiger partial charge in [-0.25, -0.2) is 0 Å². The van der Waals surface area contributed by atoms with Gasteiger partial charge >= 0.3 is 0 Å². The summed E-state index contributed by atoms with van der Waals surface area (Å²) in [7, 11) is 0. The Morgan fingerprint density at radius 2 is 1.50 bits per heavy atom. The van der Waals surface area contributed by atoms with Crippen molar-refractivity contribution in [2.75, 3.05) is 26.2 Å². The highest BCUT2D eigenvalue weighted by molar-refractivity contribution is 5.78. The first-order chi connectivity index (χ1) is 9.40. The van der Waals surface area contributed by atoms with Gasteiger partial charge in [-0.05, 0) is 25.7 Å². The highest BCUT2D eigenvalue weighted by atomic mass is 16.2. The third kappa shape index (κ3) is 5.90. The van der Waals surface area contributed by atoms with Crippen molar-refractivity contribution in [3.63, 3.8) is 0 Å². The first-order valence-corrected chi connectivity index (χ1v) is 7.71. The number of piperazine rings is 1. The predicted octanol–water partition coefficient (Wildman–Crippen LogP) is 1.22. The highest BCUT2D eigenvalue weighted by Crippen LogP contribution is 2.10. The fourth-order valence-corrected chi connectivity index (χ4v) is 2.42. The minimum absolute atomic E-state index is 0.160. The summed E-state index contributed by atoms with van der Waals surface area (Å²) >= 11 is 0. The second-order valence-corrected chi connectivity index (χ2v) is 6.23. The first kappa shape index (κ1) is 17.0. The van der Waals surface area contributed by atoms with Gasteiger partial charge in [0.15, 0.2) is 0 Å². The monoisotopic (exact) mass is 283 g/mol. The van der Waals surface area contributed by atoms with Crippen LogP contribution in [0.15, 0.2) is 0 Å². The summed E-state index contributed by atoms with van der Waals surface area (Å²) in [5.41, 5.74) is 5.68. The molecule has 0 saturated carbocycles. The van der Waals surface area contributed by atoms with Gasteiger partial charge in [0.05, 0.1) is 0 Å². The summed E-state index contributed by atoms with van der Waals surface area (Å²) < 4.78 is 0. The van der Waals surface area contributed by atoms with E-state index < -0.39 is 0 Å². The molecule has 0 spiro atoms. The van der Waals surface area contributed by atoms with Crippen LogP contribution in [0.2, 0.25) is 0 Å². The Labute approximate surface area is 122 Å². The molecule has 1 rings (SSSR count). The molecule has 116 valence electrons. The van der Waals surface area contributed by atoms with Gasteiger partial charge < -0.3 is 15.5 Å². The van der Waals surface area contributed by atoms with Crippen LogP contribution in [0.4, 0.5) is 0 Å². The molecule has 1 aliphatic heterocycles. The molecular weight excluding hydrogens is 254 g/mol. The lowest BCUT2D eigenvalue weighted by molar-refractivity contribution is -0.140. The zero-order chi connectivity index (χ0) is 15.1. The lowest BCUT2D eigenvalue weighted by Crippen LogP contribution is -2.50. The number of carbonyl (C=O) groups excluding carboxylic acids is 2. The standard InChI is InChI=1S/C15H29N3O2/c1-12(2)11-15(20)18-9-7-17(8-10-18)14(19)6-4-5-13(3)16/h12-13H,4-11,16H2,1-3H3. The van der Waals surface area contributed by atoms with E-state index in [0.717, 1.165) is 12.8 Å². The summed E-state index contributed by atoms with van der Waals surface area (Å²) in [4.78, 5) is 27.7. The molecule has 2 amide bonds. The van der Waals surface area contributed by atoms with Crippen LogP contribution in [0, 0.1) is 5.92 Å². The maximum atomic E-state index is 12.0. The molecule has 1 fully saturated rings. The van der Waals surface area contributed by atoms with E-state index in [0.29, 0.717) is 44.9 Å². The average Bonchev–Trinajstić information content (AvgIpc) is 2.37. The fourth-order valence-electron chi connectivity index (χ4n) is 2.42. The van der Waals surface area contributed by atoms with E-state index in [1.54, 1.807) is 0 Å². The van der Waals surface area contributed by atoms with Crippen molar-refractivity contribution in [3.05, 3.63) is 0 Å². The Kier molecular flexibility index (Phi) is 6.99. The molecule has 20 heavy (non-hydrogen) atoms. The molecule has 0 bridgehead atoms. The van der Waals surface area contributed by atoms with Crippen LogP contribution in [0.1, 0.15) is 46.5 Å². The van der Waals surface area contributed by atoms with Gasteiger partial charge in [0.25, 0.3) is 0 Å². The number of carbonyl (C=O) groups is 2. The number of nitrogens with two attached hydrogens (primary N) is 1. The van der Waals surface area contributed by atoms with Gasteiger partial charge in [0.2, 0.25) is 11.8 Å². The molecule has 5 nitrogen and oxygen atoms in total. The zero-order valence-corrected chi connectivity index (χ0v) is 13.1. The van der Waals surface area contributed by atoms with Gasteiger partial charge in [0, 0.05) is 45.1 Å². The first-order valence-electron chi connectivity index (χ1n) is 7.71. The van der Waals surface area contributed by atoms with E-state index >= 15 is 0 Å². The molecule has 1 atom stereocenters. The number of rotatable bonds is 6. The van der Waals surface area contributed by atoms with Crippen molar-refractivity contribution in [2.24, 2.45) is 11.7 Å². The van der Waals surface area contributed by atoms with Gasteiger partial charge in [0.1, 0.15) is 0 Å². The van der Waals surface area contributed by atoms with Crippen LogP contribution >= 0.6 is 0 Å². The molecule has 0 radical (unpaired) electrons. The lowest BCUT2D eigenvalue weighted by Gasteiger charge is -2.35. The Morgan fingerprint density at radius 3 is 1.95 bits per heavy atom. The fraction of sp³-hybridized carbons (Fsp3) is 0.867. The van der Waals surface area contributed by atoms with Crippen LogP contribution < -0.4 is 5.73 Å². The Balaban J connectivity index is 2.27. The molecule has 2 N–H and O–H groups in total. The minimum Gasteiger partial charge on any atom is -0.339 e. The van der Waals surface area contributed by atoms with Crippen LogP contribution in [0.25, 0.3) is 0 Å². The maximum Gasteiger partial charge on any atom is 0.222 e. The second-order valence-electron chi connectivity index (χ2n) is 6.23. The molecule has 1 aliphatic rings. The van der Waals surface area contributed by atoms with E-state index in [9.17, 15) is 9.59 Å². The molecule has 1 saturated heterocycles. The summed E-state index contributed by atoms with van der Waals surface area (Å²) in [5, 5.41) is 0. The SMILES string of the molecule is CC(C)CC(=O)N1CCN(C(=O)CCCC(C)N)CC1. The minimum atomic E-state index is 0.160. The van der Waals surface area contributed by atoms with Crippen LogP contribution in [-0.4, -0.2) is 53.8 Å². The molecule has 0 aromatic rings. The lowest BCUT2D eigenvalue weighted by atomic mass is 10.1. The molecule has 1 heterocycles. The molecule has 1 unspecified atom stereocenters. The third-order valence-electron chi connectivity index (χ3n) is 3.62. The van der Waals surface area contributed by atoms with Crippen molar-refractivity contribution in [1.29, 1.82) is 0 Å². The molecule has 0 aromatic heterocycles. The van der Waals surface area contributed by atoms with Crippen LogP contribution in [0.5, 0.6) is 0 Å². The number of amides is 2. The van der Waals surface area contributed by atoms with Crippen molar-refractivity contribution in [3.8, 4) is 0 Å². The quantitative estimate of drug-likeness (QED) is 0.797. The van der Waals surface area contributed by atoms with Gasteiger partial charge in [-0.1, -0.05) is 13.8 Å². The second kappa shape index (κ2) is 8.25. The van der Waals surface area contributed by atoms with Crippen molar-refractivity contribution in [2.45, 2.75) is 52.5 Å². The molecule has 0 aromatic carbocycles. The predicted molar refractivity (Wildman–Crippen MR) is 80.1 cm³/mol. The smallest absolute Gasteiger partial charge is 0.222 e. The normalized spacial score (nSPS) is 17.4. The average molecular weight is 283 g/mol. The molecule has 0 aliphatic carbocycles. The van der Waals surface area contributed by atoms with E-state index in [4.69, 9.17) is 5.73 Å². The third-order valence-corrected chi connectivity index (χ3v) is 3.62. The molecule has 5 heteroatoms. The highest BCUT2D eigenvalue weighted by Gasteiger charge is 2.23. The van der Waals surface area contributed by atoms with Crippen molar-refractivity contribution < 1.29 is 9.59 Å². The number of hydrogen-bond acceptors (Lipinski definition) is 3. The zero-order valence-electron chi connectivity index (χ0n) is 13.1. The van der Waals surface area contributed by atoms with Crippen molar-refractivity contribution in [1.82, 2.24) is 9.80 Å². The van der Waals surface area contributed by atoms with Gasteiger partial charge in [-0.15, -0.1) is 0 Å². The summed E-state index contributed by atoms with van der Waals surface area (Å²) in [5.74, 6) is 0.797. The largest absolute Gasteiger partial charge is 0.339 e. The van der Waals surface area contributed by atoms with E-state index in [2.05, 4.69) is 13.8 Å². The van der Waals surface area contributed by atoms with Crippen LogP contribution in [-0.2, 0) is 9.59 Å². The van der Waals surface area contributed by atoms with E-state index in [1.807, 2.05) is 16.7 Å². The van der Waals surface area contributed by atoms with E-state index in [1.165, 1.54) is 0 Å². The number of hydrogen-bond donors (Lipinski definition) is 1. The van der Waals surface area contributed by atoms with Gasteiger partial charge in [-0.3, -0.25) is 9.59 Å². The Bertz CT molecular complexity index is 321. The summed E-state index contributed by atoms with van der Waals surface area (Å²) in [6, 6.07) is 0.160. The summed E-state index contributed by atoms with van der Waals surface area (Å²) in [6.07, 6.45) is 2.91. The summed E-state index contributed by atoms with van der Waals surface area (Å²) in [6.45, 7) is 8.74. The van der Waals surface area contributed by atoms with Gasteiger partial charge in [-0.2, -0.15) is 0 Å². The Hall–Kier alpha value is -1.10. The maximum absolute atomic E-state index is 12.0.